The molecule has 0 aromatic carbocycles. The van der Waals surface area contributed by atoms with Gasteiger partial charge in [0.05, 0.1) is 12.1 Å². The first-order chi connectivity index (χ1) is 12.1. The molecule has 0 radical (unpaired) electrons. The van der Waals surface area contributed by atoms with Gasteiger partial charge in [0.25, 0.3) is 0 Å². The fourth-order valence-corrected chi connectivity index (χ4v) is 2.99. The lowest BCUT2D eigenvalue weighted by molar-refractivity contribution is -0.120. The number of ether oxygens (including phenoxy) is 1. The van der Waals surface area contributed by atoms with Gasteiger partial charge in [-0.2, -0.15) is 5.10 Å². The minimum absolute atomic E-state index is 0.0379. The summed E-state index contributed by atoms with van der Waals surface area (Å²) < 4.78 is 7.77. The van der Waals surface area contributed by atoms with Crippen LogP contribution in [0.15, 0.2) is 30.6 Å². The zero-order valence-electron chi connectivity index (χ0n) is 14.9. The molecule has 1 fully saturated rings. The van der Waals surface area contributed by atoms with E-state index in [1.165, 1.54) is 12.8 Å². The highest BCUT2D eigenvalue weighted by Crippen LogP contribution is 2.23. The number of carbonyl (C=O) groups is 1. The van der Waals surface area contributed by atoms with Gasteiger partial charge in [0.15, 0.2) is 0 Å². The van der Waals surface area contributed by atoms with Crippen molar-refractivity contribution >= 4 is 5.91 Å². The number of hydrogen-bond acceptors (Lipinski definition) is 4. The van der Waals surface area contributed by atoms with Gasteiger partial charge in [-0.15, -0.1) is 0 Å². The number of nitrogens with one attached hydrogen (secondary N) is 1. The highest BCUT2D eigenvalue weighted by atomic mass is 16.5. The van der Waals surface area contributed by atoms with Crippen LogP contribution in [0.1, 0.15) is 56.8 Å². The Labute approximate surface area is 148 Å². The summed E-state index contributed by atoms with van der Waals surface area (Å²) in [6.07, 6.45) is 8.88. The predicted molar refractivity (Wildman–Crippen MR) is 95.3 cm³/mol. The standard InChI is InChI=1S/C19H26N4O2/c1-14(2)23-10-8-16(22-23)12-18(24)21-13-15-7-9-20-19(11-15)25-17-5-3-4-6-17/h7-11,14,17H,3-6,12-13H2,1-2H3,(H,21,24). The van der Waals surface area contributed by atoms with Crippen molar-refractivity contribution < 1.29 is 9.53 Å². The molecule has 1 aliphatic rings. The highest BCUT2D eigenvalue weighted by molar-refractivity contribution is 5.78. The van der Waals surface area contributed by atoms with E-state index in [9.17, 15) is 4.79 Å². The third kappa shape index (κ3) is 5.05. The van der Waals surface area contributed by atoms with E-state index in [2.05, 4.69) is 29.2 Å². The predicted octanol–water partition coefficient (Wildman–Crippen LogP) is 3.04. The lowest BCUT2D eigenvalue weighted by Crippen LogP contribution is -2.25. The average molecular weight is 342 g/mol. The topological polar surface area (TPSA) is 69.0 Å². The lowest BCUT2D eigenvalue weighted by Gasteiger charge is -2.12. The Kier molecular flexibility index (Phi) is 5.68. The first-order valence-electron chi connectivity index (χ1n) is 9.02. The summed E-state index contributed by atoms with van der Waals surface area (Å²) in [5.74, 6) is 0.610. The van der Waals surface area contributed by atoms with E-state index in [1.807, 2.05) is 29.1 Å². The van der Waals surface area contributed by atoms with E-state index < -0.39 is 0 Å². The molecule has 0 saturated heterocycles. The van der Waals surface area contributed by atoms with Crippen LogP contribution in [0.25, 0.3) is 0 Å². The van der Waals surface area contributed by atoms with Crippen LogP contribution in [0.2, 0.25) is 0 Å². The number of rotatable bonds is 7. The maximum absolute atomic E-state index is 12.1. The number of aromatic nitrogens is 3. The van der Waals surface area contributed by atoms with Crippen LogP contribution in [0.3, 0.4) is 0 Å². The summed E-state index contributed by atoms with van der Waals surface area (Å²) in [6.45, 7) is 4.59. The lowest BCUT2D eigenvalue weighted by atomic mass is 10.2. The van der Waals surface area contributed by atoms with E-state index >= 15 is 0 Å². The van der Waals surface area contributed by atoms with Crippen LogP contribution in [0.4, 0.5) is 0 Å². The van der Waals surface area contributed by atoms with Crippen LogP contribution in [0, 0.1) is 0 Å². The molecule has 0 aliphatic heterocycles. The zero-order valence-corrected chi connectivity index (χ0v) is 14.9. The number of pyridine rings is 1. The van der Waals surface area contributed by atoms with Gasteiger partial charge in [0.2, 0.25) is 11.8 Å². The van der Waals surface area contributed by atoms with E-state index in [0.717, 1.165) is 24.1 Å². The van der Waals surface area contributed by atoms with Crippen molar-refractivity contribution in [2.45, 2.75) is 64.6 Å². The second-order valence-electron chi connectivity index (χ2n) is 6.86. The molecule has 2 aromatic heterocycles. The van der Waals surface area contributed by atoms with Crippen molar-refractivity contribution in [1.29, 1.82) is 0 Å². The minimum atomic E-state index is -0.0379. The second kappa shape index (κ2) is 8.14. The zero-order chi connectivity index (χ0) is 17.6. The third-order valence-electron chi connectivity index (χ3n) is 4.41. The molecule has 1 amide bonds. The number of nitrogens with zero attached hydrogens (tertiary/aromatic N) is 3. The smallest absolute Gasteiger partial charge is 0.226 e. The number of amides is 1. The average Bonchev–Trinajstić information content (AvgIpc) is 3.25. The Morgan fingerprint density at radius 1 is 1.36 bits per heavy atom. The Morgan fingerprint density at radius 2 is 2.16 bits per heavy atom. The largest absolute Gasteiger partial charge is 0.474 e. The summed E-state index contributed by atoms with van der Waals surface area (Å²) in [4.78, 5) is 16.4. The molecule has 3 rings (SSSR count). The summed E-state index contributed by atoms with van der Waals surface area (Å²) in [5.41, 5.74) is 1.77. The van der Waals surface area contributed by atoms with Gasteiger partial charge < -0.3 is 10.1 Å². The van der Waals surface area contributed by atoms with Gasteiger partial charge in [-0.1, -0.05) is 0 Å². The summed E-state index contributed by atoms with van der Waals surface area (Å²) in [5, 5.41) is 7.34. The van der Waals surface area contributed by atoms with Gasteiger partial charge in [-0.25, -0.2) is 4.98 Å². The van der Waals surface area contributed by atoms with Crippen molar-refractivity contribution in [3.8, 4) is 5.88 Å². The van der Waals surface area contributed by atoms with Crippen LogP contribution >= 0.6 is 0 Å². The molecule has 0 bridgehead atoms. The van der Waals surface area contributed by atoms with Crippen molar-refractivity contribution in [2.75, 3.05) is 0 Å². The van der Waals surface area contributed by atoms with Crippen LogP contribution < -0.4 is 10.1 Å². The monoisotopic (exact) mass is 342 g/mol. The highest BCUT2D eigenvalue weighted by Gasteiger charge is 2.17. The van der Waals surface area contributed by atoms with E-state index in [-0.39, 0.29) is 18.4 Å². The van der Waals surface area contributed by atoms with E-state index in [1.54, 1.807) is 6.20 Å². The van der Waals surface area contributed by atoms with Gasteiger partial charge in [0.1, 0.15) is 6.10 Å². The van der Waals surface area contributed by atoms with Gasteiger partial charge >= 0.3 is 0 Å². The van der Waals surface area contributed by atoms with Crippen LogP contribution in [-0.2, 0) is 17.8 Å². The van der Waals surface area contributed by atoms with Crippen molar-refractivity contribution in [3.05, 3.63) is 41.9 Å². The van der Waals surface area contributed by atoms with Gasteiger partial charge in [-0.3, -0.25) is 9.48 Å². The Bertz CT molecular complexity index is 705. The van der Waals surface area contributed by atoms with Crippen molar-refractivity contribution in [1.82, 2.24) is 20.1 Å². The van der Waals surface area contributed by atoms with E-state index in [0.29, 0.717) is 18.5 Å². The normalized spacial score (nSPS) is 14.8. The maximum Gasteiger partial charge on any atom is 0.226 e. The fraction of sp³-hybridized carbons (Fsp3) is 0.526. The number of hydrogen-bond donors (Lipinski definition) is 1. The molecule has 0 unspecified atom stereocenters. The Morgan fingerprint density at radius 3 is 2.88 bits per heavy atom. The third-order valence-corrected chi connectivity index (χ3v) is 4.41. The molecular weight excluding hydrogens is 316 g/mol. The van der Waals surface area contributed by atoms with Crippen molar-refractivity contribution in [3.63, 3.8) is 0 Å². The summed E-state index contributed by atoms with van der Waals surface area (Å²) >= 11 is 0. The summed E-state index contributed by atoms with van der Waals surface area (Å²) in [6, 6.07) is 5.99. The Hall–Kier alpha value is -2.37. The molecule has 0 atom stereocenters. The molecule has 0 spiro atoms. The van der Waals surface area contributed by atoms with Crippen LogP contribution in [-0.4, -0.2) is 26.8 Å². The van der Waals surface area contributed by atoms with Gasteiger partial charge in [-0.05, 0) is 57.2 Å². The second-order valence-corrected chi connectivity index (χ2v) is 6.86. The SMILES string of the molecule is CC(C)n1ccc(CC(=O)NCc2ccnc(OC3CCCC3)c2)n1. The molecule has 1 N–H and O–H groups in total. The molecule has 1 saturated carbocycles. The molecular formula is C19H26N4O2. The van der Waals surface area contributed by atoms with Gasteiger partial charge in [0, 0.05) is 31.0 Å². The first-order valence-corrected chi connectivity index (χ1v) is 9.02. The fourth-order valence-electron chi connectivity index (χ4n) is 2.99. The number of carbonyl (C=O) groups excluding carboxylic acids is 1. The Balaban J connectivity index is 1.49. The molecule has 2 heterocycles. The molecule has 134 valence electrons. The molecule has 6 heteroatoms. The quantitative estimate of drug-likeness (QED) is 0.840. The maximum atomic E-state index is 12.1. The first kappa shape index (κ1) is 17.5. The molecule has 25 heavy (non-hydrogen) atoms. The van der Waals surface area contributed by atoms with E-state index in [4.69, 9.17) is 4.74 Å². The molecule has 1 aliphatic carbocycles. The minimum Gasteiger partial charge on any atom is -0.474 e. The van der Waals surface area contributed by atoms with Crippen LogP contribution in [0.5, 0.6) is 5.88 Å². The van der Waals surface area contributed by atoms with Crippen molar-refractivity contribution in [2.24, 2.45) is 0 Å². The molecule has 6 nitrogen and oxygen atoms in total. The summed E-state index contributed by atoms with van der Waals surface area (Å²) in [7, 11) is 0. The molecule has 2 aromatic rings.